The Hall–Kier alpha value is -0.610. The minimum absolute atomic E-state index is 0.245. The van der Waals surface area contributed by atoms with Crippen LogP contribution in [0.1, 0.15) is 19.5 Å². The van der Waals surface area contributed by atoms with Crippen LogP contribution in [0.2, 0.25) is 0 Å². The zero-order valence-corrected chi connectivity index (χ0v) is 8.66. The summed E-state index contributed by atoms with van der Waals surface area (Å²) in [7, 11) is 0. The lowest BCUT2D eigenvalue weighted by Crippen LogP contribution is -2.15. The Morgan fingerprint density at radius 2 is 2.31 bits per heavy atom. The van der Waals surface area contributed by atoms with E-state index in [1.54, 1.807) is 31.2 Å². The third kappa shape index (κ3) is 3.74. The SMILES string of the molecule is CC(O)C(C)SCc1ccncn1. The molecule has 1 rings (SSSR count). The molecule has 4 heteroatoms. The highest BCUT2D eigenvalue weighted by Gasteiger charge is 2.08. The predicted octanol–water partition coefficient (Wildman–Crippen LogP) is 1.48. The largest absolute Gasteiger partial charge is 0.392 e. The molecule has 0 aromatic carbocycles. The van der Waals surface area contributed by atoms with Crippen LogP contribution in [0.4, 0.5) is 0 Å². The minimum atomic E-state index is -0.271. The van der Waals surface area contributed by atoms with Crippen LogP contribution in [-0.4, -0.2) is 26.4 Å². The van der Waals surface area contributed by atoms with Gasteiger partial charge in [-0.15, -0.1) is 11.8 Å². The summed E-state index contributed by atoms with van der Waals surface area (Å²) in [4.78, 5) is 7.93. The van der Waals surface area contributed by atoms with Gasteiger partial charge in [-0.3, -0.25) is 0 Å². The summed E-state index contributed by atoms with van der Waals surface area (Å²) >= 11 is 1.70. The molecule has 1 aromatic heterocycles. The standard InChI is InChI=1S/C9H14N2OS/c1-7(12)8(2)13-5-9-3-4-10-6-11-9/h3-4,6-8,12H,5H2,1-2H3. The number of thioether (sulfide) groups is 1. The fourth-order valence-corrected chi connectivity index (χ4v) is 1.64. The highest BCUT2D eigenvalue weighted by molar-refractivity contribution is 7.99. The molecule has 0 spiro atoms. The van der Waals surface area contributed by atoms with E-state index in [0.29, 0.717) is 0 Å². The quantitative estimate of drug-likeness (QED) is 0.796. The Balaban J connectivity index is 2.35. The van der Waals surface area contributed by atoms with Crippen molar-refractivity contribution in [3.8, 4) is 0 Å². The number of aliphatic hydroxyl groups is 1. The molecule has 3 nitrogen and oxygen atoms in total. The van der Waals surface area contributed by atoms with E-state index in [4.69, 9.17) is 0 Å². The molecule has 0 aliphatic rings. The van der Waals surface area contributed by atoms with E-state index in [2.05, 4.69) is 9.97 Å². The van der Waals surface area contributed by atoms with Crippen molar-refractivity contribution in [3.05, 3.63) is 24.3 Å². The Bertz CT molecular complexity index is 241. The van der Waals surface area contributed by atoms with Crippen molar-refractivity contribution in [1.82, 2.24) is 9.97 Å². The molecular formula is C9H14N2OS. The van der Waals surface area contributed by atoms with Gasteiger partial charge in [0.1, 0.15) is 6.33 Å². The molecule has 0 bridgehead atoms. The average Bonchev–Trinajstić information content (AvgIpc) is 2.15. The highest BCUT2D eigenvalue weighted by atomic mass is 32.2. The fraction of sp³-hybridized carbons (Fsp3) is 0.556. The smallest absolute Gasteiger partial charge is 0.115 e. The van der Waals surface area contributed by atoms with Gasteiger partial charge in [0.05, 0.1) is 11.8 Å². The first-order valence-electron chi connectivity index (χ1n) is 4.24. The van der Waals surface area contributed by atoms with Crippen LogP contribution in [0, 0.1) is 0 Å². The van der Waals surface area contributed by atoms with Gasteiger partial charge in [-0.1, -0.05) is 6.92 Å². The molecule has 2 atom stereocenters. The van der Waals surface area contributed by atoms with Gasteiger partial charge >= 0.3 is 0 Å². The predicted molar refractivity (Wildman–Crippen MR) is 54.5 cm³/mol. The number of nitrogens with zero attached hydrogens (tertiary/aromatic N) is 2. The molecule has 0 radical (unpaired) electrons. The molecular weight excluding hydrogens is 184 g/mol. The van der Waals surface area contributed by atoms with E-state index in [1.807, 2.05) is 13.0 Å². The van der Waals surface area contributed by atoms with Crippen molar-refractivity contribution >= 4 is 11.8 Å². The summed E-state index contributed by atoms with van der Waals surface area (Å²) in [6.07, 6.45) is 3.01. The Kier molecular flexibility index (Phi) is 4.18. The lowest BCUT2D eigenvalue weighted by Gasteiger charge is -2.13. The van der Waals surface area contributed by atoms with Crippen LogP contribution in [0.3, 0.4) is 0 Å². The van der Waals surface area contributed by atoms with Crippen molar-refractivity contribution in [2.45, 2.75) is 31.0 Å². The van der Waals surface area contributed by atoms with Gasteiger partial charge in [0, 0.05) is 17.2 Å². The third-order valence-corrected chi connectivity index (χ3v) is 3.20. The molecule has 0 fully saturated rings. The summed E-state index contributed by atoms with van der Waals surface area (Å²) < 4.78 is 0. The van der Waals surface area contributed by atoms with Crippen LogP contribution < -0.4 is 0 Å². The lowest BCUT2D eigenvalue weighted by molar-refractivity contribution is 0.196. The van der Waals surface area contributed by atoms with E-state index in [0.717, 1.165) is 11.4 Å². The van der Waals surface area contributed by atoms with Crippen LogP contribution in [-0.2, 0) is 5.75 Å². The first-order valence-corrected chi connectivity index (χ1v) is 5.29. The number of aromatic nitrogens is 2. The summed E-state index contributed by atoms with van der Waals surface area (Å²) in [5.74, 6) is 0.828. The van der Waals surface area contributed by atoms with E-state index in [1.165, 1.54) is 0 Å². The molecule has 1 N–H and O–H groups in total. The zero-order valence-electron chi connectivity index (χ0n) is 7.84. The molecule has 0 amide bonds. The zero-order chi connectivity index (χ0) is 9.68. The Labute approximate surface area is 82.6 Å². The second-order valence-corrected chi connectivity index (χ2v) is 4.32. The molecule has 1 heterocycles. The summed E-state index contributed by atoms with van der Waals surface area (Å²) in [5, 5.41) is 9.49. The number of aliphatic hydroxyl groups excluding tert-OH is 1. The summed E-state index contributed by atoms with van der Waals surface area (Å²) in [6.45, 7) is 3.81. The van der Waals surface area contributed by atoms with E-state index < -0.39 is 0 Å². The monoisotopic (exact) mass is 198 g/mol. The van der Waals surface area contributed by atoms with Crippen LogP contribution in [0.25, 0.3) is 0 Å². The van der Waals surface area contributed by atoms with Gasteiger partial charge in [0.25, 0.3) is 0 Å². The average molecular weight is 198 g/mol. The van der Waals surface area contributed by atoms with Crippen molar-refractivity contribution in [3.63, 3.8) is 0 Å². The highest BCUT2D eigenvalue weighted by Crippen LogP contribution is 2.18. The van der Waals surface area contributed by atoms with E-state index in [-0.39, 0.29) is 11.4 Å². The first-order chi connectivity index (χ1) is 6.20. The lowest BCUT2D eigenvalue weighted by atomic mass is 10.3. The maximum Gasteiger partial charge on any atom is 0.115 e. The van der Waals surface area contributed by atoms with Gasteiger partial charge in [-0.2, -0.15) is 0 Å². The normalized spacial score (nSPS) is 15.3. The van der Waals surface area contributed by atoms with Crippen LogP contribution in [0.15, 0.2) is 18.6 Å². The van der Waals surface area contributed by atoms with E-state index >= 15 is 0 Å². The van der Waals surface area contributed by atoms with Crippen molar-refractivity contribution in [2.24, 2.45) is 0 Å². The van der Waals surface area contributed by atoms with Gasteiger partial charge in [-0.05, 0) is 13.0 Å². The Morgan fingerprint density at radius 1 is 1.54 bits per heavy atom. The first kappa shape index (κ1) is 10.5. The number of hydrogen-bond donors (Lipinski definition) is 1. The molecule has 72 valence electrons. The van der Waals surface area contributed by atoms with Gasteiger partial charge < -0.3 is 5.11 Å². The molecule has 0 saturated carbocycles. The topological polar surface area (TPSA) is 46.0 Å². The van der Waals surface area contributed by atoms with Crippen molar-refractivity contribution < 1.29 is 5.11 Å². The van der Waals surface area contributed by atoms with Crippen LogP contribution in [0.5, 0.6) is 0 Å². The maximum atomic E-state index is 9.25. The maximum absolute atomic E-state index is 9.25. The second kappa shape index (κ2) is 5.19. The molecule has 0 saturated heterocycles. The van der Waals surface area contributed by atoms with Gasteiger partial charge in [0.15, 0.2) is 0 Å². The third-order valence-electron chi connectivity index (χ3n) is 1.82. The molecule has 13 heavy (non-hydrogen) atoms. The fourth-order valence-electron chi connectivity index (χ4n) is 0.760. The molecule has 1 aromatic rings. The van der Waals surface area contributed by atoms with Crippen molar-refractivity contribution in [1.29, 1.82) is 0 Å². The Morgan fingerprint density at radius 3 is 2.85 bits per heavy atom. The van der Waals surface area contributed by atoms with E-state index in [9.17, 15) is 5.11 Å². The summed E-state index contributed by atoms with van der Waals surface area (Å²) in [6, 6.07) is 1.89. The minimum Gasteiger partial charge on any atom is -0.392 e. The van der Waals surface area contributed by atoms with Gasteiger partial charge in [-0.25, -0.2) is 9.97 Å². The molecule has 2 unspecified atom stereocenters. The van der Waals surface area contributed by atoms with Crippen molar-refractivity contribution in [2.75, 3.05) is 0 Å². The molecule has 0 aliphatic carbocycles. The second-order valence-electron chi connectivity index (χ2n) is 2.96. The molecule has 0 aliphatic heterocycles. The van der Waals surface area contributed by atoms with Crippen LogP contribution >= 0.6 is 11.8 Å². The summed E-state index contributed by atoms with van der Waals surface area (Å²) in [5.41, 5.74) is 1.01. The van der Waals surface area contributed by atoms with Gasteiger partial charge in [0.2, 0.25) is 0 Å². The number of hydrogen-bond acceptors (Lipinski definition) is 4. The number of rotatable bonds is 4.